The van der Waals surface area contributed by atoms with Crippen LogP contribution in [-0.4, -0.2) is 41.0 Å². The highest BCUT2D eigenvalue weighted by Crippen LogP contribution is 2.33. The molecule has 172 valence electrons. The summed E-state index contributed by atoms with van der Waals surface area (Å²) in [5.74, 6) is 0.879. The van der Waals surface area contributed by atoms with E-state index in [-0.39, 0.29) is 31.2 Å². The molecule has 0 atom stereocenters. The van der Waals surface area contributed by atoms with Crippen LogP contribution in [0.5, 0.6) is 11.5 Å². The molecule has 3 aromatic rings. The van der Waals surface area contributed by atoms with Gasteiger partial charge in [0, 0.05) is 27.9 Å². The maximum absolute atomic E-state index is 13.5. The third kappa shape index (κ3) is 5.54. The van der Waals surface area contributed by atoms with Crippen LogP contribution in [0.2, 0.25) is 0 Å². The number of aryl methyl sites for hydroxylation is 1. The standard InChI is InChI=1S/C26H28N2O4S/c1-18(2)28(26(30)21-10-12-23-24(13-21)32-17-31-23)16-25(29)27(14-20-7-5-4-6-8-20)15-22-11-9-19(3)33-22/h4-13,18H,14-17H2,1-3H3. The molecule has 0 unspecified atom stereocenters. The van der Waals surface area contributed by atoms with Gasteiger partial charge in [0.2, 0.25) is 12.7 Å². The van der Waals surface area contributed by atoms with Gasteiger partial charge in [-0.1, -0.05) is 30.3 Å². The number of hydrogen-bond donors (Lipinski definition) is 0. The van der Waals surface area contributed by atoms with E-state index in [4.69, 9.17) is 9.47 Å². The van der Waals surface area contributed by atoms with Crippen molar-refractivity contribution in [1.29, 1.82) is 0 Å². The number of carbonyl (C=O) groups excluding carboxylic acids is 2. The van der Waals surface area contributed by atoms with E-state index in [0.29, 0.717) is 30.2 Å². The second kappa shape index (κ2) is 10.1. The minimum absolute atomic E-state index is 0.00212. The summed E-state index contributed by atoms with van der Waals surface area (Å²) in [4.78, 5) is 32.6. The Balaban J connectivity index is 1.53. The highest BCUT2D eigenvalue weighted by Gasteiger charge is 2.26. The van der Waals surface area contributed by atoms with Crippen molar-refractivity contribution in [2.75, 3.05) is 13.3 Å². The molecule has 1 aliphatic heterocycles. The smallest absolute Gasteiger partial charge is 0.254 e. The van der Waals surface area contributed by atoms with Crippen molar-refractivity contribution < 1.29 is 19.1 Å². The van der Waals surface area contributed by atoms with E-state index in [9.17, 15) is 9.59 Å². The molecular weight excluding hydrogens is 436 g/mol. The van der Waals surface area contributed by atoms with Gasteiger partial charge >= 0.3 is 0 Å². The van der Waals surface area contributed by atoms with Crippen LogP contribution in [0.25, 0.3) is 0 Å². The number of carbonyl (C=O) groups is 2. The van der Waals surface area contributed by atoms with Crippen LogP contribution in [0.1, 0.15) is 39.5 Å². The first-order valence-corrected chi connectivity index (χ1v) is 11.8. The van der Waals surface area contributed by atoms with Crippen molar-refractivity contribution in [1.82, 2.24) is 9.80 Å². The van der Waals surface area contributed by atoms with Gasteiger partial charge in [-0.25, -0.2) is 0 Å². The van der Waals surface area contributed by atoms with Crippen molar-refractivity contribution in [3.63, 3.8) is 0 Å². The highest BCUT2D eigenvalue weighted by atomic mass is 32.1. The van der Waals surface area contributed by atoms with Crippen molar-refractivity contribution in [3.05, 3.63) is 81.5 Å². The van der Waals surface area contributed by atoms with Gasteiger partial charge in [0.25, 0.3) is 5.91 Å². The maximum atomic E-state index is 13.5. The molecule has 0 saturated carbocycles. The van der Waals surface area contributed by atoms with E-state index >= 15 is 0 Å². The van der Waals surface area contributed by atoms with Crippen LogP contribution in [0.4, 0.5) is 0 Å². The number of fused-ring (bicyclic) bond motifs is 1. The van der Waals surface area contributed by atoms with E-state index in [1.54, 1.807) is 34.4 Å². The summed E-state index contributed by atoms with van der Waals surface area (Å²) in [6, 6.07) is 19.0. The normalized spacial score (nSPS) is 12.1. The Morgan fingerprint density at radius 2 is 1.73 bits per heavy atom. The topological polar surface area (TPSA) is 59.1 Å². The monoisotopic (exact) mass is 464 g/mol. The van der Waals surface area contributed by atoms with Crippen molar-refractivity contribution in [2.45, 2.75) is 39.9 Å². The third-order valence-electron chi connectivity index (χ3n) is 5.52. The molecule has 33 heavy (non-hydrogen) atoms. The Morgan fingerprint density at radius 1 is 0.970 bits per heavy atom. The summed E-state index contributed by atoms with van der Waals surface area (Å²) in [6.45, 7) is 7.04. The summed E-state index contributed by atoms with van der Waals surface area (Å²) in [5, 5.41) is 0. The lowest BCUT2D eigenvalue weighted by molar-refractivity contribution is -0.133. The van der Waals surface area contributed by atoms with E-state index in [1.807, 2.05) is 49.1 Å². The van der Waals surface area contributed by atoms with Gasteiger partial charge in [0.1, 0.15) is 6.54 Å². The summed E-state index contributed by atoms with van der Waals surface area (Å²) >= 11 is 1.68. The zero-order valence-electron chi connectivity index (χ0n) is 19.1. The summed E-state index contributed by atoms with van der Waals surface area (Å²) in [7, 11) is 0. The number of thiophene rings is 1. The zero-order chi connectivity index (χ0) is 23.4. The van der Waals surface area contributed by atoms with Gasteiger partial charge in [0.15, 0.2) is 11.5 Å². The Kier molecular flexibility index (Phi) is 6.99. The van der Waals surface area contributed by atoms with Crippen LogP contribution in [0.3, 0.4) is 0 Å². The van der Waals surface area contributed by atoms with Gasteiger partial charge in [0.05, 0.1) is 6.54 Å². The second-order valence-electron chi connectivity index (χ2n) is 8.34. The lowest BCUT2D eigenvalue weighted by Gasteiger charge is -2.30. The van der Waals surface area contributed by atoms with Crippen molar-refractivity contribution in [2.24, 2.45) is 0 Å². The van der Waals surface area contributed by atoms with Gasteiger partial charge in [-0.2, -0.15) is 0 Å². The third-order valence-corrected chi connectivity index (χ3v) is 6.51. The number of hydrogen-bond acceptors (Lipinski definition) is 5. The molecule has 0 N–H and O–H groups in total. The molecule has 0 spiro atoms. The summed E-state index contributed by atoms with van der Waals surface area (Å²) < 4.78 is 10.8. The van der Waals surface area contributed by atoms with Crippen LogP contribution >= 0.6 is 11.3 Å². The minimum Gasteiger partial charge on any atom is -0.454 e. The molecule has 2 aromatic carbocycles. The van der Waals surface area contributed by atoms with Crippen LogP contribution in [0.15, 0.2) is 60.7 Å². The van der Waals surface area contributed by atoms with Gasteiger partial charge in [-0.3, -0.25) is 9.59 Å². The largest absolute Gasteiger partial charge is 0.454 e. The first-order chi connectivity index (χ1) is 15.9. The van der Waals surface area contributed by atoms with Crippen molar-refractivity contribution >= 4 is 23.2 Å². The van der Waals surface area contributed by atoms with Crippen molar-refractivity contribution in [3.8, 4) is 11.5 Å². The van der Waals surface area contributed by atoms with Gasteiger partial charge in [-0.05, 0) is 56.7 Å². The van der Waals surface area contributed by atoms with E-state index in [1.165, 1.54) is 4.88 Å². The maximum Gasteiger partial charge on any atom is 0.254 e. The molecule has 2 amide bonds. The molecule has 0 bridgehead atoms. The summed E-state index contributed by atoms with van der Waals surface area (Å²) in [5.41, 5.74) is 1.53. The lowest BCUT2D eigenvalue weighted by atomic mass is 10.1. The fourth-order valence-electron chi connectivity index (χ4n) is 3.72. The Bertz CT molecular complexity index is 1130. The Morgan fingerprint density at radius 3 is 2.42 bits per heavy atom. The SMILES string of the molecule is Cc1ccc(CN(Cc2ccccc2)C(=O)CN(C(=O)c2ccc3c(c2)OCO3)C(C)C)s1. The molecule has 0 radical (unpaired) electrons. The minimum atomic E-state index is -0.205. The van der Waals surface area contributed by atoms with Crippen LogP contribution in [0, 0.1) is 6.92 Å². The number of nitrogens with zero attached hydrogens (tertiary/aromatic N) is 2. The number of amides is 2. The molecule has 6 nitrogen and oxygen atoms in total. The molecule has 1 aliphatic rings. The highest BCUT2D eigenvalue weighted by molar-refractivity contribution is 7.11. The van der Waals surface area contributed by atoms with Crippen LogP contribution in [-0.2, 0) is 17.9 Å². The molecular formula is C26H28N2O4S. The molecule has 0 saturated heterocycles. The number of rotatable bonds is 8. The first kappa shape index (κ1) is 22.9. The first-order valence-electron chi connectivity index (χ1n) is 11.0. The molecule has 2 heterocycles. The average Bonchev–Trinajstić information content (AvgIpc) is 3.44. The predicted octanol–water partition coefficient (Wildman–Crippen LogP) is 4.86. The average molecular weight is 465 g/mol. The van der Waals surface area contributed by atoms with E-state index < -0.39 is 0 Å². The lowest BCUT2D eigenvalue weighted by Crippen LogP contribution is -2.45. The predicted molar refractivity (Wildman–Crippen MR) is 128 cm³/mol. The fraction of sp³-hybridized carbons (Fsp3) is 0.308. The molecule has 1 aromatic heterocycles. The van der Waals surface area contributed by atoms with Gasteiger partial charge in [-0.15, -0.1) is 11.3 Å². The van der Waals surface area contributed by atoms with E-state index in [0.717, 1.165) is 10.4 Å². The Hall–Kier alpha value is -3.32. The molecule has 4 rings (SSSR count). The second-order valence-corrected chi connectivity index (χ2v) is 9.72. The van der Waals surface area contributed by atoms with Crippen LogP contribution < -0.4 is 9.47 Å². The fourth-order valence-corrected chi connectivity index (χ4v) is 4.63. The number of ether oxygens (including phenoxy) is 2. The molecule has 0 aliphatic carbocycles. The molecule has 0 fully saturated rings. The molecule has 7 heteroatoms. The van der Waals surface area contributed by atoms with Gasteiger partial charge < -0.3 is 19.3 Å². The zero-order valence-corrected chi connectivity index (χ0v) is 19.9. The Labute approximate surface area is 198 Å². The number of benzene rings is 2. The quantitative estimate of drug-likeness (QED) is 0.478. The summed E-state index contributed by atoms with van der Waals surface area (Å²) in [6.07, 6.45) is 0. The van der Waals surface area contributed by atoms with E-state index in [2.05, 4.69) is 19.1 Å².